The molecule has 0 radical (unpaired) electrons. The number of hydrogen-bond donors (Lipinski definition) is 1. The summed E-state index contributed by atoms with van der Waals surface area (Å²) in [5.74, 6) is 0.794. The van der Waals surface area contributed by atoms with Crippen LogP contribution in [0.25, 0.3) is 0 Å². The summed E-state index contributed by atoms with van der Waals surface area (Å²) in [6.45, 7) is 0. The van der Waals surface area contributed by atoms with E-state index in [9.17, 15) is 4.79 Å². The number of carbonyl (C=O) groups is 1. The van der Waals surface area contributed by atoms with Crippen molar-refractivity contribution < 1.29 is 9.53 Å². The van der Waals surface area contributed by atoms with Crippen molar-refractivity contribution in [3.05, 3.63) is 29.8 Å². The van der Waals surface area contributed by atoms with Gasteiger partial charge < -0.3 is 10.1 Å². The van der Waals surface area contributed by atoms with Crippen molar-refractivity contribution in [2.24, 2.45) is 0 Å². The van der Waals surface area contributed by atoms with Gasteiger partial charge >= 0.3 is 0 Å². The van der Waals surface area contributed by atoms with Crippen molar-refractivity contribution in [1.29, 1.82) is 0 Å². The van der Waals surface area contributed by atoms with Gasteiger partial charge in [-0.3, -0.25) is 4.79 Å². The van der Waals surface area contributed by atoms with Crippen LogP contribution in [0.3, 0.4) is 0 Å². The lowest BCUT2D eigenvalue weighted by Crippen LogP contribution is -2.48. The van der Waals surface area contributed by atoms with Gasteiger partial charge in [0.25, 0.3) is 5.91 Å². The summed E-state index contributed by atoms with van der Waals surface area (Å²) in [7, 11) is 0. The molecule has 1 saturated carbocycles. The van der Waals surface area contributed by atoms with E-state index in [1.807, 2.05) is 24.3 Å². The van der Waals surface area contributed by atoms with Gasteiger partial charge in [-0.05, 0) is 24.5 Å². The van der Waals surface area contributed by atoms with Crippen LogP contribution in [0.1, 0.15) is 31.2 Å². The number of para-hydroxylation sites is 1. The molecule has 19 heavy (non-hydrogen) atoms. The molecule has 1 heterocycles. The first-order valence-corrected chi connectivity index (χ1v) is 7.36. The van der Waals surface area contributed by atoms with Crippen LogP contribution in [0, 0.1) is 0 Å². The van der Waals surface area contributed by atoms with Gasteiger partial charge in [-0.2, -0.15) is 0 Å². The minimum Gasteiger partial charge on any atom is -0.480 e. The number of rotatable bonds is 2. The minimum absolute atomic E-state index is 0.0336. The highest BCUT2D eigenvalue weighted by molar-refractivity contribution is 6.21. The van der Waals surface area contributed by atoms with Crippen molar-refractivity contribution in [2.75, 3.05) is 0 Å². The monoisotopic (exact) mass is 279 g/mol. The van der Waals surface area contributed by atoms with Gasteiger partial charge in [0.05, 0.1) is 5.38 Å². The van der Waals surface area contributed by atoms with Crippen LogP contribution in [0.15, 0.2) is 24.3 Å². The van der Waals surface area contributed by atoms with Gasteiger partial charge in [0, 0.05) is 12.5 Å². The lowest BCUT2D eigenvalue weighted by molar-refractivity contribution is -0.128. The van der Waals surface area contributed by atoms with E-state index in [1.54, 1.807) is 0 Å². The first-order valence-electron chi connectivity index (χ1n) is 6.93. The third kappa shape index (κ3) is 2.71. The van der Waals surface area contributed by atoms with Gasteiger partial charge in [-0.15, -0.1) is 11.6 Å². The molecule has 0 spiro atoms. The highest BCUT2D eigenvalue weighted by atomic mass is 35.5. The molecular formula is C15H18ClNO2. The molecule has 4 heteroatoms. The van der Waals surface area contributed by atoms with E-state index < -0.39 is 6.10 Å². The van der Waals surface area contributed by atoms with Crippen LogP contribution < -0.4 is 10.1 Å². The van der Waals surface area contributed by atoms with E-state index in [2.05, 4.69) is 5.32 Å². The Kier molecular flexibility index (Phi) is 3.65. The molecule has 3 unspecified atom stereocenters. The summed E-state index contributed by atoms with van der Waals surface area (Å²) in [5.41, 5.74) is 1.11. The van der Waals surface area contributed by atoms with Crippen molar-refractivity contribution >= 4 is 17.5 Å². The van der Waals surface area contributed by atoms with Gasteiger partial charge in [-0.1, -0.05) is 31.0 Å². The van der Waals surface area contributed by atoms with E-state index in [0.717, 1.165) is 37.0 Å². The topological polar surface area (TPSA) is 38.3 Å². The Morgan fingerprint density at radius 1 is 1.26 bits per heavy atom. The smallest absolute Gasteiger partial charge is 0.261 e. The molecule has 2 aliphatic rings. The number of ether oxygens (including phenoxy) is 1. The van der Waals surface area contributed by atoms with Gasteiger partial charge in [0.2, 0.25) is 0 Å². The molecule has 0 bridgehead atoms. The predicted molar refractivity (Wildman–Crippen MR) is 74.6 cm³/mol. The third-order valence-electron chi connectivity index (χ3n) is 3.95. The van der Waals surface area contributed by atoms with Crippen molar-refractivity contribution in [1.82, 2.24) is 5.32 Å². The Bertz CT molecular complexity index is 452. The molecule has 1 aromatic rings. The predicted octanol–water partition coefficient (Wildman–Crippen LogP) is 2.66. The Morgan fingerprint density at radius 2 is 2.05 bits per heavy atom. The Hall–Kier alpha value is -1.22. The number of alkyl halides is 1. The average molecular weight is 280 g/mol. The number of carbonyl (C=O) groups excluding carboxylic acids is 1. The van der Waals surface area contributed by atoms with Crippen LogP contribution in [0.5, 0.6) is 5.75 Å². The molecule has 1 aliphatic carbocycles. The maximum absolute atomic E-state index is 12.2. The SMILES string of the molecule is O=C(NC1CCCCC1Cl)C1Cc2ccccc2O1. The van der Waals surface area contributed by atoms with E-state index in [1.165, 1.54) is 0 Å². The highest BCUT2D eigenvalue weighted by Gasteiger charge is 2.32. The van der Waals surface area contributed by atoms with Crippen molar-refractivity contribution in [2.45, 2.75) is 49.6 Å². The lowest BCUT2D eigenvalue weighted by atomic mass is 9.94. The second-order valence-electron chi connectivity index (χ2n) is 5.33. The van der Waals surface area contributed by atoms with E-state index >= 15 is 0 Å². The summed E-state index contributed by atoms with van der Waals surface area (Å²) in [6.07, 6.45) is 4.51. The fourth-order valence-electron chi connectivity index (χ4n) is 2.85. The Morgan fingerprint density at radius 3 is 2.84 bits per heavy atom. The maximum Gasteiger partial charge on any atom is 0.261 e. The molecule has 3 atom stereocenters. The average Bonchev–Trinajstić information content (AvgIpc) is 2.85. The summed E-state index contributed by atoms with van der Waals surface area (Å²) < 4.78 is 5.69. The molecule has 0 saturated heterocycles. The van der Waals surface area contributed by atoms with E-state index in [4.69, 9.17) is 16.3 Å². The largest absolute Gasteiger partial charge is 0.480 e. The van der Waals surface area contributed by atoms with E-state index in [0.29, 0.717) is 6.42 Å². The van der Waals surface area contributed by atoms with Crippen molar-refractivity contribution in [3.8, 4) is 5.75 Å². The van der Waals surface area contributed by atoms with Crippen LogP contribution in [0.4, 0.5) is 0 Å². The molecule has 3 rings (SSSR count). The zero-order chi connectivity index (χ0) is 13.2. The molecule has 1 aromatic carbocycles. The molecule has 1 amide bonds. The molecule has 1 N–H and O–H groups in total. The van der Waals surface area contributed by atoms with Crippen LogP contribution in [-0.2, 0) is 11.2 Å². The lowest BCUT2D eigenvalue weighted by Gasteiger charge is -2.28. The number of benzene rings is 1. The molecule has 102 valence electrons. The van der Waals surface area contributed by atoms with Gasteiger partial charge in [-0.25, -0.2) is 0 Å². The second kappa shape index (κ2) is 5.41. The number of amides is 1. The third-order valence-corrected chi connectivity index (χ3v) is 4.47. The fraction of sp³-hybridized carbons (Fsp3) is 0.533. The van der Waals surface area contributed by atoms with E-state index in [-0.39, 0.29) is 17.3 Å². The zero-order valence-electron chi connectivity index (χ0n) is 10.8. The number of hydrogen-bond acceptors (Lipinski definition) is 2. The zero-order valence-corrected chi connectivity index (χ0v) is 11.5. The molecule has 1 aliphatic heterocycles. The summed E-state index contributed by atoms with van der Waals surface area (Å²) in [5, 5.41) is 3.11. The first kappa shape index (κ1) is 12.8. The number of nitrogens with one attached hydrogen (secondary N) is 1. The molecule has 3 nitrogen and oxygen atoms in total. The van der Waals surface area contributed by atoms with Gasteiger partial charge in [0.15, 0.2) is 6.10 Å². The summed E-state index contributed by atoms with van der Waals surface area (Å²) >= 11 is 6.27. The summed E-state index contributed by atoms with van der Waals surface area (Å²) in [6, 6.07) is 7.91. The fourth-order valence-corrected chi connectivity index (χ4v) is 3.20. The second-order valence-corrected chi connectivity index (χ2v) is 5.89. The normalized spacial score (nSPS) is 29.4. The number of fused-ring (bicyclic) bond motifs is 1. The first-order chi connectivity index (χ1) is 9.24. The van der Waals surface area contributed by atoms with Gasteiger partial charge in [0.1, 0.15) is 5.75 Å². The summed E-state index contributed by atoms with van der Waals surface area (Å²) in [4.78, 5) is 12.2. The molecular weight excluding hydrogens is 262 g/mol. The molecule has 1 fully saturated rings. The van der Waals surface area contributed by atoms with Crippen molar-refractivity contribution in [3.63, 3.8) is 0 Å². The highest BCUT2D eigenvalue weighted by Crippen LogP contribution is 2.29. The molecule has 0 aromatic heterocycles. The maximum atomic E-state index is 12.2. The minimum atomic E-state index is -0.400. The standard InChI is InChI=1S/C15H18ClNO2/c16-11-6-2-3-7-12(11)17-15(18)14-9-10-5-1-4-8-13(10)19-14/h1,4-5,8,11-12,14H,2-3,6-7,9H2,(H,17,18). The Balaban J connectivity index is 1.60. The number of halogens is 1. The Labute approximate surface area is 118 Å². The van der Waals surface area contributed by atoms with Crippen LogP contribution >= 0.6 is 11.6 Å². The van der Waals surface area contributed by atoms with Crippen LogP contribution in [-0.4, -0.2) is 23.4 Å². The van der Waals surface area contributed by atoms with Crippen LogP contribution in [0.2, 0.25) is 0 Å². The quantitative estimate of drug-likeness (QED) is 0.845.